The summed E-state index contributed by atoms with van der Waals surface area (Å²) in [5.74, 6) is 1.51. The van der Waals surface area contributed by atoms with Crippen LogP contribution < -0.4 is 15.4 Å². The second-order valence-electron chi connectivity index (χ2n) is 4.05. The number of pyridine rings is 1. The van der Waals surface area contributed by atoms with E-state index in [1.807, 2.05) is 48.3 Å². The van der Waals surface area contributed by atoms with Gasteiger partial charge in [0.05, 0.1) is 7.11 Å². The van der Waals surface area contributed by atoms with Crippen LogP contribution in [-0.4, -0.2) is 25.0 Å². The summed E-state index contributed by atoms with van der Waals surface area (Å²) in [6, 6.07) is 13.1. The Bertz CT molecular complexity index is 580. The minimum absolute atomic E-state index is 0.0371. The van der Waals surface area contributed by atoms with Crippen LogP contribution in [0.1, 0.15) is 5.69 Å². The molecule has 19 heavy (non-hydrogen) atoms. The molecule has 3 N–H and O–H groups in total. The maximum atomic E-state index is 7.41. The van der Waals surface area contributed by atoms with Crippen molar-refractivity contribution in [1.82, 2.24) is 4.98 Å². The number of nitrogens with two attached hydrogens (primary N) is 1. The van der Waals surface area contributed by atoms with Crippen molar-refractivity contribution in [2.45, 2.75) is 0 Å². The highest BCUT2D eigenvalue weighted by atomic mass is 16.5. The van der Waals surface area contributed by atoms with E-state index < -0.39 is 0 Å². The van der Waals surface area contributed by atoms with E-state index in [1.54, 1.807) is 13.2 Å². The molecule has 2 aromatic rings. The summed E-state index contributed by atoms with van der Waals surface area (Å²) in [6.07, 6.45) is 0. The maximum absolute atomic E-state index is 7.41. The number of aromatic nitrogens is 1. The molecule has 0 bridgehead atoms. The molecule has 0 radical (unpaired) electrons. The van der Waals surface area contributed by atoms with Crippen LogP contribution in [0.15, 0.2) is 42.5 Å². The van der Waals surface area contributed by atoms with Crippen molar-refractivity contribution in [3.05, 3.63) is 48.2 Å². The molecule has 0 spiro atoms. The Kier molecular flexibility index (Phi) is 3.66. The molecule has 98 valence electrons. The average Bonchev–Trinajstić information content (AvgIpc) is 2.46. The third kappa shape index (κ3) is 2.82. The van der Waals surface area contributed by atoms with Crippen LogP contribution in [0.5, 0.6) is 5.75 Å². The molecule has 0 amide bonds. The fourth-order valence-electron chi connectivity index (χ4n) is 1.70. The van der Waals surface area contributed by atoms with E-state index >= 15 is 0 Å². The van der Waals surface area contributed by atoms with Crippen LogP contribution in [0.2, 0.25) is 0 Å². The van der Waals surface area contributed by atoms with Crippen LogP contribution in [0.25, 0.3) is 0 Å². The molecule has 0 aliphatic rings. The number of nitrogen functional groups attached to an aromatic ring is 1. The summed E-state index contributed by atoms with van der Waals surface area (Å²) < 4.78 is 5.13. The maximum Gasteiger partial charge on any atom is 0.141 e. The number of benzene rings is 1. The third-order valence-corrected chi connectivity index (χ3v) is 2.81. The first kappa shape index (κ1) is 12.9. The van der Waals surface area contributed by atoms with E-state index in [0.717, 1.165) is 17.3 Å². The van der Waals surface area contributed by atoms with Crippen molar-refractivity contribution in [3.63, 3.8) is 0 Å². The van der Waals surface area contributed by atoms with Gasteiger partial charge in [-0.15, -0.1) is 0 Å². The molecule has 1 aromatic heterocycles. The van der Waals surface area contributed by atoms with Gasteiger partial charge in [0, 0.05) is 12.7 Å². The highest BCUT2D eigenvalue weighted by Gasteiger charge is 2.07. The monoisotopic (exact) mass is 256 g/mol. The highest BCUT2D eigenvalue weighted by Crippen LogP contribution is 2.24. The van der Waals surface area contributed by atoms with Crippen molar-refractivity contribution in [1.29, 1.82) is 5.41 Å². The highest BCUT2D eigenvalue weighted by molar-refractivity contribution is 5.93. The van der Waals surface area contributed by atoms with Gasteiger partial charge >= 0.3 is 0 Å². The number of methoxy groups -OCH3 is 1. The normalized spacial score (nSPS) is 10.0. The van der Waals surface area contributed by atoms with E-state index in [4.69, 9.17) is 15.9 Å². The number of anilines is 2. The number of hydrogen-bond acceptors (Lipinski definition) is 4. The van der Waals surface area contributed by atoms with Crippen LogP contribution >= 0.6 is 0 Å². The number of rotatable bonds is 4. The summed E-state index contributed by atoms with van der Waals surface area (Å²) in [5.41, 5.74) is 6.90. The van der Waals surface area contributed by atoms with Gasteiger partial charge in [-0.3, -0.25) is 5.41 Å². The predicted octanol–water partition coefficient (Wildman–Crippen LogP) is 2.14. The zero-order valence-electron chi connectivity index (χ0n) is 10.9. The van der Waals surface area contributed by atoms with Gasteiger partial charge in [-0.1, -0.05) is 6.07 Å². The number of ether oxygens (including phenoxy) is 1. The van der Waals surface area contributed by atoms with Crippen LogP contribution in [0, 0.1) is 5.41 Å². The molecule has 0 atom stereocenters. The van der Waals surface area contributed by atoms with E-state index in [0.29, 0.717) is 5.69 Å². The fraction of sp³-hybridized carbons (Fsp3) is 0.143. The Labute approximate surface area is 112 Å². The minimum atomic E-state index is -0.0371. The molecule has 0 aliphatic carbocycles. The molecular formula is C14H16N4O. The Hall–Kier alpha value is -2.56. The summed E-state index contributed by atoms with van der Waals surface area (Å²) in [6.45, 7) is 0. The Morgan fingerprint density at radius 2 is 1.89 bits per heavy atom. The summed E-state index contributed by atoms with van der Waals surface area (Å²) in [7, 11) is 3.55. The third-order valence-electron chi connectivity index (χ3n) is 2.81. The second kappa shape index (κ2) is 5.39. The summed E-state index contributed by atoms with van der Waals surface area (Å²) >= 11 is 0. The lowest BCUT2D eigenvalue weighted by Crippen LogP contribution is -2.16. The Morgan fingerprint density at radius 1 is 1.21 bits per heavy atom. The van der Waals surface area contributed by atoms with Crippen molar-refractivity contribution in [2.24, 2.45) is 5.73 Å². The molecule has 0 unspecified atom stereocenters. The van der Waals surface area contributed by atoms with Gasteiger partial charge in [0.15, 0.2) is 0 Å². The topological polar surface area (TPSA) is 75.2 Å². The molecular weight excluding hydrogens is 240 g/mol. The average molecular weight is 256 g/mol. The van der Waals surface area contributed by atoms with Gasteiger partial charge in [-0.2, -0.15) is 0 Å². The number of hydrogen-bond donors (Lipinski definition) is 2. The van der Waals surface area contributed by atoms with E-state index in [1.165, 1.54) is 0 Å². The van der Waals surface area contributed by atoms with Crippen LogP contribution in [-0.2, 0) is 0 Å². The first-order valence-corrected chi connectivity index (χ1v) is 5.81. The predicted molar refractivity (Wildman–Crippen MR) is 76.3 cm³/mol. The molecule has 5 nitrogen and oxygen atoms in total. The van der Waals surface area contributed by atoms with E-state index in [9.17, 15) is 0 Å². The first-order valence-electron chi connectivity index (χ1n) is 5.81. The number of nitrogens with one attached hydrogen (secondary N) is 1. The lowest BCUT2D eigenvalue weighted by atomic mass is 10.2. The molecule has 0 aliphatic heterocycles. The first-order chi connectivity index (χ1) is 9.11. The lowest BCUT2D eigenvalue weighted by molar-refractivity contribution is 0.415. The van der Waals surface area contributed by atoms with Gasteiger partial charge < -0.3 is 15.4 Å². The Balaban J connectivity index is 2.29. The van der Waals surface area contributed by atoms with Crippen molar-refractivity contribution in [2.75, 3.05) is 19.1 Å². The molecule has 0 saturated carbocycles. The van der Waals surface area contributed by atoms with Crippen molar-refractivity contribution < 1.29 is 4.74 Å². The molecule has 0 fully saturated rings. The van der Waals surface area contributed by atoms with Crippen LogP contribution in [0.3, 0.4) is 0 Å². The molecule has 2 rings (SSSR count). The zero-order chi connectivity index (χ0) is 13.8. The number of amidine groups is 1. The zero-order valence-corrected chi connectivity index (χ0v) is 10.9. The van der Waals surface area contributed by atoms with E-state index in [2.05, 4.69) is 4.98 Å². The SMILES string of the molecule is COc1ccc(N(C)c2cccc(C(=N)N)n2)cc1. The summed E-state index contributed by atoms with van der Waals surface area (Å²) in [5, 5.41) is 7.41. The second-order valence-corrected chi connectivity index (χ2v) is 4.05. The molecule has 0 saturated heterocycles. The fourth-order valence-corrected chi connectivity index (χ4v) is 1.70. The lowest BCUT2D eigenvalue weighted by Gasteiger charge is -2.19. The van der Waals surface area contributed by atoms with Gasteiger partial charge in [-0.05, 0) is 36.4 Å². The largest absolute Gasteiger partial charge is 0.497 e. The standard InChI is InChI=1S/C14H16N4O/c1-18(10-6-8-11(19-2)9-7-10)13-5-3-4-12(17-13)14(15)16/h3-9H,1-2H3,(H3,15,16). The van der Waals surface area contributed by atoms with Crippen molar-refractivity contribution >= 4 is 17.3 Å². The van der Waals surface area contributed by atoms with Gasteiger partial charge in [0.2, 0.25) is 0 Å². The van der Waals surface area contributed by atoms with E-state index in [-0.39, 0.29) is 5.84 Å². The molecule has 1 aromatic carbocycles. The van der Waals surface area contributed by atoms with Gasteiger partial charge in [-0.25, -0.2) is 4.98 Å². The summed E-state index contributed by atoms with van der Waals surface area (Å²) in [4.78, 5) is 6.26. The quantitative estimate of drug-likeness (QED) is 0.649. The smallest absolute Gasteiger partial charge is 0.141 e. The molecule has 5 heteroatoms. The molecule has 1 heterocycles. The van der Waals surface area contributed by atoms with Gasteiger partial charge in [0.25, 0.3) is 0 Å². The Morgan fingerprint density at radius 3 is 2.47 bits per heavy atom. The van der Waals surface area contributed by atoms with Gasteiger partial charge in [0.1, 0.15) is 23.1 Å². The van der Waals surface area contributed by atoms with Crippen LogP contribution in [0.4, 0.5) is 11.5 Å². The minimum Gasteiger partial charge on any atom is -0.497 e. The van der Waals surface area contributed by atoms with Crippen molar-refractivity contribution in [3.8, 4) is 5.75 Å². The number of nitrogens with zero attached hydrogens (tertiary/aromatic N) is 2.